The van der Waals surface area contributed by atoms with Gasteiger partial charge in [0.15, 0.2) is 11.5 Å². The van der Waals surface area contributed by atoms with Crippen molar-refractivity contribution in [3.8, 4) is 11.5 Å². The summed E-state index contributed by atoms with van der Waals surface area (Å²) in [4.78, 5) is 2.18. The number of phenolic OH excluding ortho intramolecular Hbond substituents is 2. The van der Waals surface area contributed by atoms with Crippen molar-refractivity contribution in [3.05, 3.63) is 29.8 Å². The minimum atomic E-state index is -0.0700. The molecule has 1 aromatic rings. The van der Waals surface area contributed by atoms with E-state index in [1.54, 1.807) is 12.1 Å². The molecule has 1 aliphatic heterocycles. The molecule has 2 N–H and O–H groups in total. The molecule has 0 amide bonds. The molecule has 1 aromatic carbocycles. The van der Waals surface area contributed by atoms with E-state index < -0.39 is 0 Å². The maximum absolute atomic E-state index is 9.45. The molecule has 0 aliphatic carbocycles. The lowest BCUT2D eigenvalue weighted by Gasteiger charge is -2.12. The average Bonchev–Trinajstić information content (AvgIpc) is 2.30. The first-order valence-corrected chi connectivity index (χ1v) is 4.99. The zero-order chi connectivity index (χ0) is 11.0. The lowest BCUT2D eigenvalue weighted by atomic mass is 9.99. The van der Waals surface area contributed by atoms with Crippen LogP contribution in [0.15, 0.2) is 18.7 Å². The van der Waals surface area contributed by atoms with E-state index in [2.05, 4.69) is 11.5 Å². The highest BCUT2D eigenvalue weighted by molar-refractivity contribution is 5.71. The fourth-order valence-corrected chi connectivity index (χ4v) is 1.96. The van der Waals surface area contributed by atoms with Crippen molar-refractivity contribution in [2.24, 2.45) is 0 Å². The summed E-state index contributed by atoms with van der Waals surface area (Å²) in [6.07, 6.45) is 0.874. The average molecular weight is 205 g/mol. The third-order valence-electron chi connectivity index (χ3n) is 2.80. The second-order valence-electron chi connectivity index (χ2n) is 4.09. The van der Waals surface area contributed by atoms with Crippen LogP contribution in [0.2, 0.25) is 0 Å². The number of likely N-dealkylation sites (N-methyl/N-ethyl adjacent to an activating group) is 1. The maximum Gasteiger partial charge on any atom is 0.158 e. The number of hydrogen-bond acceptors (Lipinski definition) is 3. The quantitative estimate of drug-likeness (QED) is 0.632. The summed E-state index contributed by atoms with van der Waals surface area (Å²) in [5, 5.41) is 18.9. The molecule has 0 atom stereocenters. The smallest absolute Gasteiger partial charge is 0.158 e. The molecule has 3 nitrogen and oxygen atoms in total. The van der Waals surface area contributed by atoms with E-state index in [4.69, 9.17) is 0 Å². The molecule has 1 aliphatic rings. The van der Waals surface area contributed by atoms with Crippen molar-refractivity contribution in [2.75, 3.05) is 20.1 Å². The molecule has 0 saturated heterocycles. The molecular formula is C12H15NO2. The summed E-state index contributed by atoms with van der Waals surface area (Å²) in [6, 6.07) is 3.24. The van der Waals surface area contributed by atoms with Crippen LogP contribution >= 0.6 is 0 Å². The van der Waals surface area contributed by atoms with E-state index >= 15 is 0 Å². The van der Waals surface area contributed by atoms with Crippen LogP contribution in [0.4, 0.5) is 0 Å². The highest BCUT2D eigenvalue weighted by Crippen LogP contribution is 2.33. The van der Waals surface area contributed by atoms with Crippen LogP contribution in [-0.2, 0) is 6.42 Å². The molecule has 80 valence electrons. The fraction of sp³-hybridized carbons (Fsp3) is 0.333. The molecule has 0 radical (unpaired) electrons. The minimum absolute atomic E-state index is 0.0499. The van der Waals surface area contributed by atoms with Gasteiger partial charge in [-0.2, -0.15) is 0 Å². The standard InChI is InChI=1S/C12H15NO2/c1-8-7-13(2)4-3-9-5-11(14)12(15)6-10(8)9/h5-6,14-15H,1,3-4,7H2,2H3. The van der Waals surface area contributed by atoms with Crippen LogP contribution in [0.1, 0.15) is 11.1 Å². The summed E-state index contributed by atoms with van der Waals surface area (Å²) in [6.45, 7) is 5.75. The van der Waals surface area contributed by atoms with Gasteiger partial charge in [-0.25, -0.2) is 0 Å². The highest BCUT2D eigenvalue weighted by atomic mass is 16.3. The Labute approximate surface area is 89.3 Å². The number of aromatic hydroxyl groups is 2. The van der Waals surface area contributed by atoms with E-state index in [1.165, 1.54) is 0 Å². The van der Waals surface area contributed by atoms with Crippen molar-refractivity contribution in [1.82, 2.24) is 4.90 Å². The predicted molar refractivity (Wildman–Crippen MR) is 60.0 cm³/mol. The minimum Gasteiger partial charge on any atom is -0.504 e. The number of benzene rings is 1. The Morgan fingerprint density at radius 2 is 1.93 bits per heavy atom. The van der Waals surface area contributed by atoms with Gasteiger partial charge < -0.3 is 15.1 Å². The van der Waals surface area contributed by atoms with Crippen LogP contribution in [0.3, 0.4) is 0 Å². The van der Waals surface area contributed by atoms with Crippen molar-refractivity contribution in [3.63, 3.8) is 0 Å². The fourth-order valence-electron chi connectivity index (χ4n) is 1.96. The summed E-state index contributed by atoms with van der Waals surface area (Å²) < 4.78 is 0. The molecule has 1 heterocycles. The second kappa shape index (κ2) is 3.59. The lowest BCUT2D eigenvalue weighted by molar-refractivity contribution is 0.385. The molecule has 3 heteroatoms. The number of fused-ring (bicyclic) bond motifs is 1. The zero-order valence-electron chi connectivity index (χ0n) is 8.82. The number of rotatable bonds is 0. The SMILES string of the molecule is C=C1CN(C)CCc2cc(O)c(O)cc21. The predicted octanol–water partition coefficient (Wildman–Crippen LogP) is 1.60. The van der Waals surface area contributed by atoms with Gasteiger partial charge in [-0.15, -0.1) is 0 Å². The van der Waals surface area contributed by atoms with Crippen LogP contribution in [0.5, 0.6) is 11.5 Å². The number of hydrogen-bond donors (Lipinski definition) is 2. The number of nitrogens with zero attached hydrogens (tertiary/aromatic N) is 1. The normalized spacial score (nSPS) is 17.3. The Hall–Kier alpha value is -1.48. The van der Waals surface area contributed by atoms with Gasteiger partial charge in [0.2, 0.25) is 0 Å². The van der Waals surface area contributed by atoms with E-state index in [-0.39, 0.29) is 11.5 Å². The first-order valence-electron chi connectivity index (χ1n) is 4.99. The Morgan fingerprint density at radius 1 is 1.27 bits per heavy atom. The molecule has 0 aromatic heterocycles. The third kappa shape index (κ3) is 1.83. The Balaban J connectivity index is 2.49. The van der Waals surface area contributed by atoms with Crippen LogP contribution in [0.25, 0.3) is 5.57 Å². The van der Waals surface area contributed by atoms with Gasteiger partial charge in [-0.05, 0) is 42.3 Å². The molecule has 15 heavy (non-hydrogen) atoms. The summed E-state index contributed by atoms with van der Waals surface area (Å²) >= 11 is 0. The molecule has 0 saturated carbocycles. The van der Waals surface area contributed by atoms with Gasteiger partial charge in [0, 0.05) is 13.1 Å². The highest BCUT2D eigenvalue weighted by Gasteiger charge is 2.16. The second-order valence-corrected chi connectivity index (χ2v) is 4.09. The van der Waals surface area contributed by atoms with E-state index in [0.29, 0.717) is 0 Å². The Bertz CT molecular complexity index is 412. The first-order chi connectivity index (χ1) is 7.08. The van der Waals surface area contributed by atoms with Gasteiger partial charge in [-0.3, -0.25) is 0 Å². The number of phenols is 2. The molecular weight excluding hydrogens is 190 g/mol. The molecule has 2 rings (SSSR count). The first kappa shape index (κ1) is 10.1. The Morgan fingerprint density at radius 3 is 2.67 bits per heavy atom. The molecule has 0 fully saturated rings. The molecule has 0 spiro atoms. The maximum atomic E-state index is 9.45. The Kier molecular flexibility index (Phi) is 2.40. The molecule has 0 unspecified atom stereocenters. The van der Waals surface area contributed by atoms with Gasteiger partial charge in [-0.1, -0.05) is 6.58 Å². The van der Waals surface area contributed by atoms with Gasteiger partial charge in [0.25, 0.3) is 0 Å². The molecule has 0 bridgehead atoms. The van der Waals surface area contributed by atoms with E-state index in [1.807, 2.05) is 7.05 Å². The van der Waals surface area contributed by atoms with E-state index in [0.717, 1.165) is 36.2 Å². The van der Waals surface area contributed by atoms with Crippen LogP contribution in [0, 0.1) is 0 Å². The van der Waals surface area contributed by atoms with Gasteiger partial charge in [0.1, 0.15) is 0 Å². The summed E-state index contributed by atoms with van der Waals surface area (Å²) in [7, 11) is 2.04. The van der Waals surface area contributed by atoms with Crippen molar-refractivity contribution in [1.29, 1.82) is 0 Å². The van der Waals surface area contributed by atoms with E-state index in [9.17, 15) is 10.2 Å². The van der Waals surface area contributed by atoms with Crippen molar-refractivity contribution >= 4 is 5.57 Å². The summed E-state index contributed by atoms with van der Waals surface area (Å²) in [5.41, 5.74) is 3.01. The van der Waals surface area contributed by atoms with Crippen LogP contribution < -0.4 is 0 Å². The van der Waals surface area contributed by atoms with Crippen LogP contribution in [-0.4, -0.2) is 35.3 Å². The third-order valence-corrected chi connectivity index (χ3v) is 2.80. The van der Waals surface area contributed by atoms with Crippen molar-refractivity contribution < 1.29 is 10.2 Å². The lowest BCUT2D eigenvalue weighted by Crippen LogP contribution is -2.20. The van der Waals surface area contributed by atoms with Gasteiger partial charge in [0.05, 0.1) is 0 Å². The van der Waals surface area contributed by atoms with Gasteiger partial charge >= 0.3 is 0 Å². The largest absolute Gasteiger partial charge is 0.504 e. The monoisotopic (exact) mass is 205 g/mol. The van der Waals surface area contributed by atoms with Crippen molar-refractivity contribution in [2.45, 2.75) is 6.42 Å². The topological polar surface area (TPSA) is 43.7 Å². The summed E-state index contributed by atoms with van der Waals surface area (Å²) in [5.74, 6) is -0.120. The zero-order valence-corrected chi connectivity index (χ0v) is 8.82.